The van der Waals surface area contributed by atoms with Gasteiger partial charge in [-0.05, 0) is 70.3 Å². The van der Waals surface area contributed by atoms with Crippen LogP contribution in [0.2, 0.25) is 5.02 Å². The van der Waals surface area contributed by atoms with Crippen molar-refractivity contribution in [3.05, 3.63) is 53.7 Å². The van der Waals surface area contributed by atoms with E-state index < -0.39 is 10.0 Å². The summed E-state index contributed by atoms with van der Waals surface area (Å²) in [5, 5.41) is 6.53. The molecule has 3 aromatic rings. The molecule has 5 rings (SSSR count). The van der Waals surface area contributed by atoms with E-state index in [9.17, 15) is 8.42 Å². The Balaban J connectivity index is 1.35. The fraction of sp³-hybridized carbons (Fsp3) is 0.429. The van der Waals surface area contributed by atoms with Crippen LogP contribution < -0.4 is 24.8 Å². The second-order valence-electron chi connectivity index (χ2n) is 10.5. The van der Waals surface area contributed by atoms with Crippen molar-refractivity contribution in [1.82, 2.24) is 19.6 Å². The number of aromatic nitrogens is 2. The molecule has 1 aromatic heterocycles. The Labute approximate surface area is 240 Å². The molecule has 10 nitrogen and oxygen atoms in total. The van der Waals surface area contributed by atoms with Crippen LogP contribution in [-0.4, -0.2) is 62.2 Å². The van der Waals surface area contributed by atoms with Gasteiger partial charge >= 0.3 is 0 Å². The standard InChI is InChI=1S/C28H35ClN6O4S/c1-18(2)38-25-14-20(39-21-12-13-35(3)17-21)10-11-23(25)33-28-30-16-22(29)27(34-28)32-24-6-4-5-7-26(24)40(36,37)31-15-19-8-9-19/h4-7,10-11,14,16,18-19,21,31H,8-9,12-13,15,17H2,1-3H3,(H2,30,32,33,34)/t21-/m0/s1. The third-order valence-corrected chi connectivity index (χ3v) is 8.40. The highest BCUT2D eigenvalue weighted by Crippen LogP contribution is 2.35. The van der Waals surface area contributed by atoms with Gasteiger partial charge in [0.15, 0.2) is 5.82 Å². The van der Waals surface area contributed by atoms with E-state index >= 15 is 0 Å². The third kappa shape index (κ3) is 7.34. The first-order valence-electron chi connectivity index (χ1n) is 13.5. The molecule has 1 saturated carbocycles. The zero-order valence-corrected chi connectivity index (χ0v) is 24.4. The molecule has 2 aromatic carbocycles. The number of nitrogens with one attached hydrogen (secondary N) is 3. The number of ether oxygens (including phenoxy) is 2. The van der Waals surface area contributed by atoms with Crippen molar-refractivity contribution < 1.29 is 17.9 Å². The average Bonchev–Trinajstić information content (AvgIpc) is 3.66. The Hall–Kier alpha value is -3.12. The number of benzene rings is 2. The third-order valence-electron chi connectivity index (χ3n) is 6.65. The van der Waals surface area contributed by atoms with Crippen LogP contribution >= 0.6 is 11.6 Å². The van der Waals surface area contributed by atoms with E-state index in [4.69, 9.17) is 21.1 Å². The lowest BCUT2D eigenvalue weighted by atomic mass is 10.2. The van der Waals surface area contributed by atoms with Crippen molar-refractivity contribution in [3.8, 4) is 11.5 Å². The van der Waals surface area contributed by atoms with Crippen LogP contribution in [0.15, 0.2) is 53.6 Å². The van der Waals surface area contributed by atoms with E-state index in [0.29, 0.717) is 29.6 Å². The zero-order chi connectivity index (χ0) is 28.3. The zero-order valence-electron chi connectivity index (χ0n) is 22.9. The molecule has 12 heteroatoms. The first kappa shape index (κ1) is 28.4. The van der Waals surface area contributed by atoms with Crippen LogP contribution in [-0.2, 0) is 10.0 Å². The predicted octanol–water partition coefficient (Wildman–Crippen LogP) is 5.18. The molecule has 0 bridgehead atoms. The van der Waals surface area contributed by atoms with Gasteiger partial charge in [-0.3, -0.25) is 0 Å². The number of sulfonamides is 1. The van der Waals surface area contributed by atoms with E-state index in [2.05, 4.69) is 37.3 Å². The van der Waals surface area contributed by atoms with E-state index in [1.165, 1.54) is 6.20 Å². The molecule has 40 heavy (non-hydrogen) atoms. The summed E-state index contributed by atoms with van der Waals surface area (Å²) in [5.74, 6) is 2.27. The summed E-state index contributed by atoms with van der Waals surface area (Å²) in [6, 6.07) is 12.3. The van der Waals surface area contributed by atoms with Crippen molar-refractivity contribution in [2.45, 2.75) is 50.2 Å². The number of likely N-dealkylation sites (tertiary alicyclic amines) is 1. The number of halogens is 1. The Bertz CT molecular complexity index is 1450. The Morgan fingerprint density at radius 1 is 1.10 bits per heavy atom. The minimum Gasteiger partial charge on any atom is -0.489 e. The number of anilines is 4. The highest BCUT2D eigenvalue weighted by Gasteiger charge is 2.26. The number of likely N-dealkylation sites (N-methyl/N-ethyl adjacent to an activating group) is 1. The van der Waals surface area contributed by atoms with E-state index in [1.807, 2.05) is 32.0 Å². The van der Waals surface area contributed by atoms with E-state index in [-0.39, 0.29) is 33.9 Å². The highest BCUT2D eigenvalue weighted by atomic mass is 35.5. The minimum atomic E-state index is -3.72. The van der Waals surface area contributed by atoms with Crippen LogP contribution in [0.3, 0.4) is 0 Å². The molecule has 214 valence electrons. The number of para-hydroxylation sites is 1. The lowest BCUT2D eigenvalue weighted by Crippen LogP contribution is -2.26. The normalized spacial score (nSPS) is 17.7. The molecule has 2 fully saturated rings. The van der Waals surface area contributed by atoms with Crippen LogP contribution in [0.5, 0.6) is 11.5 Å². The van der Waals surface area contributed by atoms with Crippen LogP contribution in [0.25, 0.3) is 0 Å². The van der Waals surface area contributed by atoms with Crippen molar-refractivity contribution in [2.24, 2.45) is 5.92 Å². The fourth-order valence-electron chi connectivity index (χ4n) is 4.41. The van der Waals surface area contributed by atoms with Gasteiger partial charge in [0.1, 0.15) is 27.5 Å². The summed E-state index contributed by atoms with van der Waals surface area (Å²) in [6.07, 6.45) is 4.60. The van der Waals surface area contributed by atoms with Gasteiger partial charge in [-0.25, -0.2) is 18.1 Å². The van der Waals surface area contributed by atoms with Crippen molar-refractivity contribution in [1.29, 1.82) is 0 Å². The molecule has 2 aliphatic rings. The first-order valence-corrected chi connectivity index (χ1v) is 15.3. The molecule has 0 amide bonds. The first-order chi connectivity index (χ1) is 19.2. The van der Waals surface area contributed by atoms with Gasteiger partial charge in [-0.1, -0.05) is 23.7 Å². The molecule has 1 saturated heterocycles. The van der Waals surface area contributed by atoms with Gasteiger partial charge in [-0.15, -0.1) is 0 Å². The highest BCUT2D eigenvalue weighted by molar-refractivity contribution is 7.89. The quantitative estimate of drug-likeness (QED) is 0.264. The second kappa shape index (κ2) is 12.2. The molecule has 0 unspecified atom stereocenters. The molecule has 1 aliphatic heterocycles. The number of hydrogen-bond donors (Lipinski definition) is 3. The second-order valence-corrected chi connectivity index (χ2v) is 12.7. The smallest absolute Gasteiger partial charge is 0.242 e. The average molecular weight is 587 g/mol. The number of nitrogens with zero attached hydrogens (tertiary/aromatic N) is 3. The fourth-order valence-corrected chi connectivity index (χ4v) is 5.82. The van der Waals surface area contributed by atoms with Gasteiger partial charge < -0.3 is 25.0 Å². The maximum atomic E-state index is 13.0. The Morgan fingerprint density at radius 3 is 2.62 bits per heavy atom. The molecular weight excluding hydrogens is 552 g/mol. The molecule has 2 heterocycles. The number of rotatable bonds is 12. The molecule has 0 radical (unpaired) electrons. The molecular formula is C28H35ClN6O4S. The van der Waals surface area contributed by atoms with Crippen LogP contribution in [0.4, 0.5) is 23.1 Å². The maximum absolute atomic E-state index is 13.0. The minimum absolute atomic E-state index is 0.0660. The summed E-state index contributed by atoms with van der Waals surface area (Å²) >= 11 is 6.41. The van der Waals surface area contributed by atoms with Crippen molar-refractivity contribution >= 4 is 44.8 Å². The lowest BCUT2D eigenvalue weighted by Gasteiger charge is -2.19. The van der Waals surface area contributed by atoms with Crippen molar-refractivity contribution in [2.75, 3.05) is 37.3 Å². The summed E-state index contributed by atoms with van der Waals surface area (Å²) in [5.41, 5.74) is 1.02. The SMILES string of the molecule is CC(C)Oc1cc(O[C@H]2CCN(C)C2)ccc1Nc1ncc(Cl)c(Nc2ccccc2S(=O)(=O)NCC2CC2)n1. The van der Waals surface area contributed by atoms with E-state index in [1.54, 1.807) is 24.3 Å². The van der Waals surface area contributed by atoms with Gasteiger partial charge in [-0.2, -0.15) is 4.98 Å². The molecule has 3 N–H and O–H groups in total. The summed E-state index contributed by atoms with van der Waals surface area (Å²) in [7, 11) is -1.63. The molecule has 0 spiro atoms. The van der Waals surface area contributed by atoms with Crippen molar-refractivity contribution in [3.63, 3.8) is 0 Å². The topological polar surface area (TPSA) is 118 Å². The van der Waals surface area contributed by atoms with Gasteiger partial charge in [0.25, 0.3) is 0 Å². The molecule has 1 aliphatic carbocycles. The summed E-state index contributed by atoms with van der Waals surface area (Å²) in [4.78, 5) is 11.2. The largest absolute Gasteiger partial charge is 0.489 e. The maximum Gasteiger partial charge on any atom is 0.242 e. The molecule has 1 atom stereocenters. The van der Waals surface area contributed by atoms with Crippen LogP contribution in [0.1, 0.15) is 33.1 Å². The summed E-state index contributed by atoms with van der Waals surface area (Å²) in [6.45, 7) is 6.23. The lowest BCUT2D eigenvalue weighted by molar-refractivity contribution is 0.204. The Morgan fingerprint density at radius 2 is 1.90 bits per heavy atom. The van der Waals surface area contributed by atoms with Gasteiger partial charge in [0, 0.05) is 25.7 Å². The monoisotopic (exact) mass is 586 g/mol. The van der Waals surface area contributed by atoms with Crippen LogP contribution in [0, 0.1) is 5.92 Å². The van der Waals surface area contributed by atoms with E-state index in [0.717, 1.165) is 38.1 Å². The predicted molar refractivity (Wildman–Crippen MR) is 157 cm³/mol. The summed E-state index contributed by atoms with van der Waals surface area (Å²) < 4.78 is 40.9. The number of hydrogen-bond acceptors (Lipinski definition) is 9. The Kier molecular flexibility index (Phi) is 8.65. The van der Waals surface area contributed by atoms with Gasteiger partial charge in [0.05, 0.1) is 23.7 Å². The van der Waals surface area contributed by atoms with Gasteiger partial charge in [0.2, 0.25) is 16.0 Å².